The molecule has 0 aliphatic carbocycles. The number of aromatic nitrogens is 3. The Bertz CT molecular complexity index is 662. The summed E-state index contributed by atoms with van der Waals surface area (Å²) in [6.45, 7) is 5.21. The van der Waals surface area contributed by atoms with E-state index in [1.807, 2.05) is 0 Å². The number of thiazole rings is 1. The molecule has 0 atom stereocenters. The highest BCUT2D eigenvalue weighted by molar-refractivity contribution is 7.94. The predicted octanol–water partition coefficient (Wildman–Crippen LogP) is 1.66. The molecule has 1 N–H and O–H groups in total. The molecule has 2 heterocycles. The summed E-state index contributed by atoms with van der Waals surface area (Å²) in [5.41, 5.74) is 1.22. The van der Waals surface area contributed by atoms with Crippen molar-refractivity contribution in [3.8, 4) is 0 Å². The Balaban J connectivity index is 2.33. The average Bonchev–Trinajstić information content (AvgIpc) is 2.62. The van der Waals surface area contributed by atoms with E-state index in [9.17, 15) is 8.42 Å². The summed E-state index contributed by atoms with van der Waals surface area (Å²) < 4.78 is 26.8. The highest BCUT2D eigenvalue weighted by Crippen LogP contribution is 2.24. The fraction of sp³-hybridized carbons (Fsp3) is 0.300. The molecule has 2 rings (SSSR count). The summed E-state index contributed by atoms with van der Waals surface area (Å²) in [5.74, 6) is 0.200. The van der Waals surface area contributed by atoms with E-state index in [1.54, 1.807) is 20.8 Å². The molecule has 0 saturated carbocycles. The first-order chi connectivity index (χ1) is 8.38. The zero-order valence-electron chi connectivity index (χ0n) is 10.1. The van der Waals surface area contributed by atoms with Crippen molar-refractivity contribution in [3.05, 3.63) is 28.8 Å². The third-order valence-electron chi connectivity index (χ3n) is 2.12. The lowest BCUT2D eigenvalue weighted by Crippen LogP contribution is -2.14. The van der Waals surface area contributed by atoms with Crippen molar-refractivity contribution in [2.45, 2.75) is 25.0 Å². The monoisotopic (exact) mass is 284 g/mol. The molecule has 0 fully saturated rings. The van der Waals surface area contributed by atoms with Crippen LogP contribution in [0, 0.1) is 20.8 Å². The molecule has 0 amide bonds. The molecule has 2 aromatic heterocycles. The van der Waals surface area contributed by atoms with E-state index >= 15 is 0 Å². The van der Waals surface area contributed by atoms with E-state index in [4.69, 9.17) is 0 Å². The largest absolute Gasteiger partial charge is 0.274 e. The second-order valence-electron chi connectivity index (χ2n) is 3.75. The molecule has 0 aromatic carbocycles. The molecule has 0 radical (unpaired) electrons. The minimum atomic E-state index is -3.63. The van der Waals surface area contributed by atoms with Crippen LogP contribution in [0.25, 0.3) is 0 Å². The Labute approximate surface area is 109 Å². The number of anilines is 1. The summed E-state index contributed by atoms with van der Waals surface area (Å²) in [4.78, 5) is 12.0. The second-order valence-corrected chi connectivity index (χ2v) is 6.84. The lowest BCUT2D eigenvalue weighted by atomic mass is 10.5. The molecular formula is C10H12N4O2S2. The number of hydrogen-bond acceptors (Lipinski definition) is 6. The number of nitrogens with one attached hydrogen (secondary N) is 1. The van der Waals surface area contributed by atoms with Crippen LogP contribution in [-0.4, -0.2) is 23.4 Å². The second kappa shape index (κ2) is 4.62. The maximum Gasteiger partial charge on any atom is 0.274 e. The van der Waals surface area contributed by atoms with Crippen LogP contribution < -0.4 is 4.72 Å². The third kappa shape index (κ3) is 2.65. The van der Waals surface area contributed by atoms with E-state index < -0.39 is 10.0 Å². The topological polar surface area (TPSA) is 84.8 Å². The van der Waals surface area contributed by atoms with Crippen LogP contribution in [0.3, 0.4) is 0 Å². The summed E-state index contributed by atoms with van der Waals surface area (Å²) in [5, 5.41) is 0.711. The molecule has 0 saturated heterocycles. The minimum Gasteiger partial charge on any atom is -0.261 e. The highest BCUT2D eigenvalue weighted by atomic mass is 32.2. The van der Waals surface area contributed by atoms with Gasteiger partial charge in [-0.05, 0) is 20.8 Å². The average molecular weight is 284 g/mol. The van der Waals surface area contributed by atoms with Gasteiger partial charge >= 0.3 is 0 Å². The summed E-state index contributed by atoms with van der Waals surface area (Å²) in [6.07, 6.45) is 2.89. The molecule has 0 bridgehead atoms. The molecule has 6 nitrogen and oxygen atoms in total. The van der Waals surface area contributed by atoms with Crippen LogP contribution in [0.2, 0.25) is 0 Å². The Morgan fingerprint density at radius 3 is 2.39 bits per heavy atom. The number of rotatable bonds is 3. The normalized spacial score (nSPS) is 11.5. The third-order valence-corrected chi connectivity index (χ3v) is 5.16. The van der Waals surface area contributed by atoms with Crippen LogP contribution in [0.1, 0.15) is 16.4 Å². The van der Waals surface area contributed by atoms with Crippen molar-refractivity contribution in [1.82, 2.24) is 15.0 Å². The first-order valence-electron chi connectivity index (χ1n) is 5.14. The predicted molar refractivity (Wildman–Crippen MR) is 69.2 cm³/mol. The van der Waals surface area contributed by atoms with E-state index in [0.717, 1.165) is 17.0 Å². The van der Waals surface area contributed by atoms with Gasteiger partial charge < -0.3 is 0 Å². The van der Waals surface area contributed by atoms with Gasteiger partial charge in [-0.2, -0.15) is 0 Å². The maximum absolute atomic E-state index is 12.1. The first-order valence-corrected chi connectivity index (χ1v) is 7.44. The van der Waals surface area contributed by atoms with Gasteiger partial charge in [0.2, 0.25) is 0 Å². The quantitative estimate of drug-likeness (QED) is 0.926. The molecular weight excluding hydrogens is 272 g/mol. The SMILES string of the molecule is Cc1cnc(NS(=O)(=O)c2sc(C)nc2C)cn1. The summed E-state index contributed by atoms with van der Waals surface area (Å²) >= 11 is 1.13. The van der Waals surface area contributed by atoms with E-state index in [1.165, 1.54) is 12.4 Å². The van der Waals surface area contributed by atoms with Gasteiger partial charge in [-0.1, -0.05) is 0 Å². The van der Waals surface area contributed by atoms with Crippen LogP contribution in [0.15, 0.2) is 16.6 Å². The van der Waals surface area contributed by atoms with Gasteiger partial charge in [0.1, 0.15) is 0 Å². The molecule has 96 valence electrons. The van der Waals surface area contributed by atoms with Crippen LogP contribution in [0.5, 0.6) is 0 Å². The summed E-state index contributed by atoms with van der Waals surface area (Å²) in [6, 6.07) is 0. The van der Waals surface area contributed by atoms with E-state index in [-0.39, 0.29) is 10.0 Å². The van der Waals surface area contributed by atoms with Gasteiger partial charge in [-0.25, -0.2) is 18.4 Å². The van der Waals surface area contributed by atoms with Crippen molar-refractivity contribution in [1.29, 1.82) is 0 Å². The van der Waals surface area contributed by atoms with Crippen LogP contribution in [0.4, 0.5) is 5.82 Å². The highest BCUT2D eigenvalue weighted by Gasteiger charge is 2.21. The van der Waals surface area contributed by atoms with Crippen molar-refractivity contribution in [2.75, 3.05) is 4.72 Å². The number of sulfonamides is 1. The summed E-state index contributed by atoms with van der Waals surface area (Å²) in [7, 11) is -3.63. The van der Waals surface area contributed by atoms with Gasteiger partial charge in [-0.15, -0.1) is 11.3 Å². The van der Waals surface area contributed by atoms with Gasteiger partial charge in [0, 0.05) is 0 Å². The molecule has 0 spiro atoms. The van der Waals surface area contributed by atoms with Crippen molar-refractivity contribution >= 4 is 27.2 Å². The maximum atomic E-state index is 12.1. The van der Waals surface area contributed by atoms with Crippen molar-refractivity contribution in [2.24, 2.45) is 0 Å². The molecule has 2 aromatic rings. The van der Waals surface area contributed by atoms with Gasteiger partial charge in [0.15, 0.2) is 10.0 Å². The van der Waals surface area contributed by atoms with Crippen LogP contribution >= 0.6 is 11.3 Å². The fourth-order valence-electron chi connectivity index (χ4n) is 1.39. The van der Waals surface area contributed by atoms with Gasteiger partial charge in [0.05, 0.1) is 28.8 Å². The van der Waals surface area contributed by atoms with Gasteiger partial charge in [-0.3, -0.25) is 9.71 Å². The lowest BCUT2D eigenvalue weighted by molar-refractivity contribution is 0.602. The number of nitrogens with zero attached hydrogens (tertiary/aromatic N) is 3. The van der Waals surface area contributed by atoms with Crippen LogP contribution in [-0.2, 0) is 10.0 Å². The number of hydrogen-bond donors (Lipinski definition) is 1. The standard InChI is InChI=1S/C10H12N4O2S2/c1-6-4-12-9(5-11-6)14-18(15,16)10-7(2)13-8(3)17-10/h4-5H,1-3H3,(H,12,14). The van der Waals surface area contributed by atoms with E-state index in [2.05, 4.69) is 19.7 Å². The smallest absolute Gasteiger partial charge is 0.261 e. The first kappa shape index (κ1) is 12.9. The van der Waals surface area contributed by atoms with Crippen molar-refractivity contribution in [3.63, 3.8) is 0 Å². The molecule has 18 heavy (non-hydrogen) atoms. The minimum absolute atomic E-state index is 0.200. The zero-order chi connectivity index (χ0) is 13.3. The Hall–Kier alpha value is -1.54. The molecule has 0 aliphatic heterocycles. The number of aryl methyl sites for hydroxylation is 3. The van der Waals surface area contributed by atoms with Gasteiger partial charge in [0.25, 0.3) is 10.0 Å². The zero-order valence-corrected chi connectivity index (χ0v) is 11.8. The molecule has 0 unspecified atom stereocenters. The fourth-order valence-corrected chi connectivity index (χ4v) is 3.87. The van der Waals surface area contributed by atoms with E-state index in [0.29, 0.717) is 10.7 Å². The Morgan fingerprint density at radius 1 is 1.17 bits per heavy atom. The Morgan fingerprint density at radius 2 is 1.89 bits per heavy atom. The lowest BCUT2D eigenvalue weighted by Gasteiger charge is -2.05. The molecule has 8 heteroatoms. The Kier molecular flexibility index (Phi) is 3.31. The molecule has 0 aliphatic rings. The van der Waals surface area contributed by atoms with Crippen molar-refractivity contribution < 1.29 is 8.42 Å².